The van der Waals surface area contributed by atoms with Crippen LogP contribution in [0.1, 0.15) is 28.7 Å². The number of esters is 1. The van der Waals surface area contributed by atoms with Crippen LogP contribution >= 0.6 is 0 Å². The number of aryl methyl sites for hydroxylation is 2. The second-order valence-corrected chi connectivity index (χ2v) is 5.70. The van der Waals surface area contributed by atoms with Crippen LogP contribution in [0.4, 0.5) is 5.88 Å². The first kappa shape index (κ1) is 16.6. The van der Waals surface area contributed by atoms with Gasteiger partial charge in [0.15, 0.2) is 6.10 Å². The lowest BCUT2D eigenvalue weighted by atomic mass is 10.1. The first-order chi connectivity index (χ1) is 11.9. The van der Waals surface area contributed by atoms with Crippen molar-refractivity contribution < 1.29 is 18.8 Å². The summed E-state index contributed by atoms with van der Waals surface area (Å²) in [5.41, 5.74) is 2.40. The van der Waals surface area contributed by atoms with Crippen LogP contribution in [0.2, 0.25) is 0 Å². The Morgan fingerprint density at radius 3 is 2.64 bits per heavy atom. The molecule has 0 spiro atoms. The van der Waals surface area contributed by atoms with Crippen LogP contribution in [0.25, 0.3) is 10.9 Å². The average molecular weight is 339 g/mol. The third-order valence-electron chi connectivity index (χ3n) is 3.59. The molecule has 128 valence electrons. The molecule has 2 aromatic heterocycles. The predicted molar refractivity (Wildman–Crippen MR) is 91.2 cm³/mol. The van der Waals surface area contributed by atoms with Gasteiger partial charge in [-0.25, -0.2) is 4.79 Å². The normalized spacial score (nSPS) is 12.0. The minimum atomic E-state index is -0.995. The van der Waals surface area contributed by atoms with Gasteiger partial charge in [-0.3, -0.25) is 15.1 Å². The van der Waals surface area contributed by atoms with Gasteiger partial charge in [0, 0.05) is 17.1 Å². The summed E-state index contributed by atoms with van der Waals surface area (Å²) in [4.78, 5) is 29.0. The number of pyridine rings is 1. The number of nitrogens with one attached hydrogen (secondary N) is 1. The molecular formula is C18H17N3O4. The van der Waals surface area contributed by atoms with Crippen molar-refractivity contribution >= 4 is 28.7 Å². The second kappa shape index (κ2) is 6.72. The average Bonchev–Trinajstić information content (AvgIpc) is 2.98. The molecular weight excluding hydrogens is 322 g/mol. The van der Waals surface area contributed by atoms with Crippen LogP contribution < -0.4 is 5.32 Å². The van der Waals surface area contributed by atoms with Crippen molar-refractivity contribution in [1.82, 2.24) is 10.1 Å². The summed E-state index contributed by atoms with van der Waals surface area (Å²) in [6.45, 7) is 5.03. The van der Waals surface area contributed by atoms with Crippen molar-refractivity contribution in [3.05, 3.63) is 53.3 Å². The van der Waals surface area contributed by atoms with Crippen LogP contribution in [-0.4, -0.2) is 28.1 Å². The number of nitrogens with zero attached hydrogens (tertiary/aromatic N) is 2. The van der Waals surface area contributed by atoms with E-state index in [4.69, 9.17) is 9.26 Å². The van der Waals surface area contributed by atoms with Crippen LogP contribution in [0, 0.1) is 13.8 Å². The van der Waals surface area contributed by atoms with Gasteiger partial charge in [-0.15, -0.1) is 0 Å². The van der Waals surface area contributed by atoms with Gasteiger partial charge in [-0.05, 0) is 32.9 Å². The first-order valence-electron chi connectivity index (χ1n) is 7.75. The number of ether oxygens (including phenoxy) is 1. The molecule has 1 N–H and O–H groups in total. The molecule has 0 unspecified atom stereocenters. The molecule has 0 aliphatic heterocycles. The Hall–Kier alpha value is -3.22. The lowest BCUT2D eigenvalue weighted by Gasteiger charge is -2.13. The molecule has 7 heteroatoms. The molecule has 1 aromatic carbocycles. The highest BCUT2D eigenvalue weighted by Gasteiger charge is 2.22. The van der Waals surface area contributed by atoms with Crippen LogP contribution in [0.3, 0.4) is 0 Å². The van der Waals surface area contributed by atoms with Crippen molar-refractivity contribution in [2.75, 3.05) is 5.32 Å². The summed E-state index contributed by atoms with van der Waals surface area (Å²) in [7, 11) is 0. The summed E-state index contributed by atoms with van der Waals surface area (Å²) in [5, 5.41) is 6.86. The molecule has 7 nitrogen and oxygen atoms in total. The van der Waals surface area contributed by atoms with Crippen molar-refractivity contribution in [1.29, 1.82) is 0 Å². The largest absolute Gasteiger partial charge is 0.449 e. The van der Waals surface area contributed by atoms with Gasteiger partial charge in [-0.1, -0.05) is 23.4 Å². The van der Waals surface area contributed by atoms with Gasteiger partial charge in [0.2, 0.25) is 5.88 Å². The highest BCUT2D eigenvalue weighted by atomic mass is 16.5. The standard InChI is InChI=1S/C18H17N3O4/c1-10-8-14(13-6-4-5-7-15(13)19-10)18(23)24-12(3)17(22)20-16-9-11(2)21-25-16/h4-9,12H,1-3H3,(H,20,22)/t12-/m0/s1. The number of hydrogen-bond donors (Lipinski definition) is 1. The Morgan fingerprint density at radius 2 is 1.92 bits per heavy atom. The molecule has 0 bridgehead atoms. The number of hydrogen-bond acceptors (Lipinski definition) is 6. The smallest absolute Gasteiger partial charge is 0.339 e. The zero-order valence-corrected chi connectivity index (χ0v) is 14.1. The highest BCUT2D eigenvalue weighted by molar-refractivity contribution is 6.04. The molecule has 3 aromatic rings. The van der Waals surface area contributed by atoms with E-state index < -0.39 is 18.0 Å². The van der Waals surface area contributed by atoms with E-state index in [0.29, 0.717) is 27.9 Å². The Morgan fingerprint density at radius 1 is 1.16 bits per heavy atom. The quantitative estimate of drug-likeness (QED) is 0.734. The monoisotopic (exact) mass is 339 g/mol. The molecule has 0 aliphatic rings. The molecule has 0 radical (unpaired) electrons. The maximum Gasteiger partial charge on any atom is 0.339 e. The number of amides is 1. The summed E-state index contributed by atoms with van der Waals surface area (Å²) in [6, 6.07) is 10.5. The summed E-state index contributed by atoms with van der Waals surface area (Å²) < 4.78 is 10.2. The third-order valence-corrected chi connectivity index (χ3v) is 3.59. The number of anilines is 1. The molecule has 1 amide bonds. The zero-order valence-electron chi connectivity index (χ0n) is 14.1. The topological polar surface area (TPSA) is 94.3 Å². The van der Waals surface area contributed by atoms with Crippen molar-refractivity contribution in [2.45, 2.75) is 26.9 Å². The SMILES string of the molecule is Cc1cc(NC(=O)[C@H](C)OC(=O)c2cc(C)nc3ccccc23)on1. The van der Waals surface area contributed by atoms with Crippen molar-refractivity contribution in [2.24, 2.45) is 0 Å². The van der Waals surface area contributed by atoms with Gasteiger partial charge in [0.25, 0.3) is 5.91 Å². The fourth-order valence-corrected chi connectivity index (χ4v) is 2.40. The lowest BCUT2D eigenvalue weighted by Crippen LogP contribution is -2.30. The lowest BCUT2D eigenvalue weighted by molar-refractivity contribution is -0.123. The van der Waals surface area contributed by atoms with E-state index in [2.05, 4.69) is 15.5 Å². The van der Waals surface area contributed by atoms with Gasteiger partial charge in [-0.2, -0.15) is 0 Å². The summed E-state index contributed by atoms with van der Waals surface area (Å²) in [6.07, 6.45) is -0.995. The third kappa shape index (κ3) is 3.65. The van der Waals surface area contributed by atoms with E-state index in [0.717, 1.165) is 0 Å². The maximum atomic E-state index is 12.5. The van der Waals surface area contributed by atoms with Gasteiger partial charge >= 0.3 is 5.97 Å². The first-order valence-corrected chi connectivity index (χ1v) is 7.75. The second-order valence-electron chi connectivity index (χ2n) is 5.70. The Bertz CT molecular complexity index is 948. The number of para-hydroxylation sites is 1. The molecule has 2 heterocycles. The molecule has 0 saturated heterocycles. The zero-order chi connectivity index (χ0) is 18.0. The molecule has 0 aliphatic carbocycles. The van der Waals surface area contributed by atoms with E-state index in [1.165, 1.54) is 6.92 Å². The Labute approximate surface area is 144 Å². The van der Waals surface area contributed by atoms with E-state index in [-0.39, 0.29) is 5.88 Å². The van der Waals surface area contributed by atoms with Crippen molar-refractivity contribution in [3.63, 3.8) is 0 Å². The van der Waals surface area contributed by atoms with Crippen LogP contribution in [0.15, 0.2) is 40.9 Å². The fraction of sp³-hybridized carbons (Fsp3) is 0.222. The minimum absolute atomic E-state index is 0.204. The number of aromatic nitrogens is 2. The molecule has 0 saturated carbocycles. The van der Waals surface area contributed by atoms with Crippen LogP contribution in [-0.2, 0) is 9.53 Å². The number of rotatable bonds is 4. The molecule has 1 atom stereocenters. The number of benzene rings is 1. The Balaban J connectivity index is 1.76. The fourth-order valence-electron chi connectivity index (χ4n) is 2.40. The van der Waals surface area contributed by atoms with Gasteiger partial charge in [0.1, 0.15) is 0 Å². The van der Waals surface area contributed by atoms with E-state index in [1.54, 1.807) is 32.0 Å². The van der Waals surface area contributed by atoms with Gasteiger partial charge in [0.05, 0.1) is 16.8 Å². The molecule has 25 heavy (non-hydrogen) atoms. The van der Waals surface area contributed by atoms with E-state index in [9.17, 15) is 9.59 Å². The minimum Gasteiger partial charge on any atom is -0.449 e. The van der Waals surface area contributed by atoms with E-state index in [1.807, 2.05) is 18.2 Å². The Kier molecular flexibility index (Phi) is 4.47. The molecule has 3 rings (SSSR count). The van der Waals surface area contributed by atoms with Crippen LogP contribution in [0.5, 0.6) is 0 Å². The summed E-state index contributed by atoms with van der Waals surface area (Å²) in [5.74, 6) is -0.881. The number of carbonyl (C=O) groups excluding carboxylic acids is 2. The predicted octanol–water partition coefficient (Wildman–Crippen LogP) is 3.02. The maximum absolute atomic E-state index is 12.5. The number of fused-ring (bicyclic) bond motifs is 1. The highest BCUT2D eigenvalue weighted by Crippen LogP contribution is 2.20. The molecule has 0 fully saturated rings. The van der Waals surface area contributed by atoms with Gasteiger partial charge < -0.3 is 9.26 Å². The summed E-state index contributed by atoms with van der Waals surface area (Å²) >= 11 is 0. The van der Waals surface area contributed by atoms with Crippen molar-refractivity contribution in [3.8, 4) is 0 Å². The number of carbonyl (C=O) groups is 2. The van der Waals surface area contributed by atoms with E-state index >= 15 is 0 Å².